The minimum absolute atomic E-state index is 0.0249. The summed E-state index contributed by atoms with van der Waals surface area (Å²) >= 11 is 0. The highest BCUT2D eigenvalue weighted by Crippen LogP contribution is 2.29. The maximum Gasteiger partial charge on any atom is 0.350 e. The van der Waals surface area contributed by atoms with E-state index in [1.165, 1.54) is 10.6 Å². The molecule has 7 nitrogen and oxygen atoms in total. The van der Waals surface area contributed by atoms with Crippen molar-refractivity contribution in [1.82, 2.24) is 14.3 Å². The van der Waals surface area contributed by atoms with Crippen LogP contribution in [0.25, 0.3) is 5.69 Å². The second-order valence-corrected chi connectivity index (χ2v) is 7.00. The summed E-state index contributed by atoms with van der Waals surface area (Å²) in [7, 11) is 0. The van der Waals surface area contributed by atoms with Crippen LogP contribution in [-0.2, 0) is 13.0 Å². The average molecular weight is 397 g/mol. The first kappa shape index (κ1) is 18.9. The van der Waals surface area contributed by atoms with Crippen LogP contribution in [0, 0.1) is 5.82 Å². The van der Waals surface area contributed by atoms with Gasteiger partial charge in [0.05, 0.1) is 0 Å². The molecule has 0 radical (unpaired) electrons. The number of carboxylic acid groups (broad SMARTS) is 1. The van der Waals surface area contributed by atoms with Gasteiger partial charge in [-0.3, -0.25) is 4.57 Å². The number of rotatable bonds is 5. The van der Waals surface area contributed by atoms with Crippen molar-refractivity contribution < 1.29 is 19.0 Å². The summed E-state index contributed by atoms with van der Waals surface area (Å²) in [5.41, 5.74) is -0.0451. The molecule has 2 aromatic carbocycles. The molecule has 0 aliphatic carbocycles. The van der Waals surface area contributed by atoms with E-state index in [1.807, 2.05) is 30.3 Å². The van der Waals surface area contributed by atoms with Crippen molar-refractivity contribution in [1.29, 1.82) is 0 Å². The van der Waals surface area contributed by atoms with Crippen LogP contribution in [0.3, 0.4) is 0 Å². The van der Waals surface area contributed by atoms with Crippen LogP contribution in [0.4, 0.5) is 4.39 Å². The van der Waals surface area contributed by atoms with Crippen molar-refractivity contribution >= 4 is 5.97 Å². The van der Waals surface area contributed by atoms with Crippen LogP contribution in [0.2, 0.25) is 0 Å². The number of ether oxygens (including phenoxy) is 1. The van der Waals surface area contributed by atoms with Gasteiger partial charge in [-0.05, 0) is 31.4 Å². The Morgan fingerprint density at radius 3 is 2.69 bits per heavy atom. The van der Waals surface area contributed by atoms with Crippen LogP contribution in [0.5, 0.6) is 5.75 Å². The minimum Gasteiger partial charge on any atom is -0.485 e. The lowest BCUT2D eigenvalue weighted by atomic mass is 10.1. The Bertz CT molecular complexity index is 1120. The lowest BCUT2D eigenvalue weighted by Crippen LogP contribution is -2.26. The zero-order valence-corrected chi connectivity index (χ0v) is 15.8. The third kappa shape index (κ3) is 3.53. The van der Waals surface area contributed by atoms with Crippen LogP contribution >= 0.6 is 0 Å². The maximum atomic E-state index is 14.8. The molecular weight excluding hydrogens is 377 g/mol. The van der Waals surface area contributed by atoms with E-state index in [2.05, 4.69) is 5.10 Å². The highest BCUT2D eigenvalue weighted by molar-refractivity contribution is 5.91. The molecule has 0 bridgehead atoms. The van der Waals surface area contributed by atoms with Crippen LogP contribution in [0.1, 0.15) is 47.6 Å². The molecule has 150 valence electrons. The molecule has 0 amide bonds. The van der Waals surface area contributed by atoms with Gasteiger partial charge >= 0.3 is 11.7 Å². The molecule has 1 aliphatic heterocycles. The topological polar surface area (TPSA) is 86.4 Å². The van der Waals surface area contributed by atoms with Crippen LogP contribution < -0.4 is 10.4 Å². The Balaban J connectivity index is 1.79. The molecular formula is C21H20FN3O4. The number of hydrogen-bond donors (Lipinski definition) is 1. The third-order valence-corrected chi connectivity index (χ3v) is 5.05. The summed E-state index contributed by atoms with van der Waals surface area (Å²) < 4.78 is 23.1. The fourth-order valence-corrected chi connectivity index (χ4v) is 3.51. The normalized spacial score (nSPS) is 14.3. The number of halogens is 1. The van der Waals surface area contributed by atoms with E-state index in [1.54, 1.807) is 6.92 Å². The maximum absolute atomic E-state index is 14.8. The van der Waals surface area contributed by atoms with E-state index in [4.69, 9.17) is 4.74 Å². The predicted octanol–water partition coefficient (Wildman–Crippen LogP) is 3.35. The predicted molar refractivity (Wildman–Crippen MR) is 103 cm³/mol. The van der Waals surface area contributed by atoms with Crippen molar-refractivity contribution in [3.63, 3.8) is 0 Å². The first-order chi connectivity index (χ1) is 14.0. The molecule has 1 aliphatic rings. The number of fused-ring (bicyclic) bond motifs is 1. The van der Waals surface area contributed by atoms with Crippen LogP contribution in [-0.4, -0.2) is 25.4 Å². The van der Waals surface area contributed by atoms with Crippen molar-refractivity contribution in [2.45, 2.75) is 38.8 Å². The monoisotopic (exact) mass is 397 g/mol. The SMILES string of the molecule is CC(Oc1cc(-n2nc3n(c2=O)CCCC3)c(F)cc1C(=O)O)c1ccccc1. The molecule has 4 rings (SSSR count). The molecule has 8 heteroatoms. The molecule has 1 atom stereocenters. The molecule has 0 saturated heterocycles. The second-order valence-electron chi connectivity index (χ2n) is 7.00. The Labute approximate surface area is 166 Å². The van der Waals surface area contributed by atoms with E-state index >= 15 is 0 Å². The zero-order valence-electron chi connectivity index (χ0n) is 15.8. The number of carbonyl (C=O) groups is 1. The van der Waals surface area contributed by atoms with Gasteiger partial charge in [-0.15, -0.1) is 5.10 Å². The number of aryl methyl sites for hydroxylation is 1. The molecule has 3 aromatic rings. The molecule has 0 saturated carbocycles. The molecule has 0 fully saturated rings. The van der Waals surface area contributed by atoms with Gasteiger partial charge in [-0.25, -0.2) is 14.0 Å². The Hall–Kier alpha value is -3.42. The van der Waals surface area contributed by atoms with Gasteiger partial charge < -0.3 is 9.84 Å². The van der Waals surface area contributed by atoms with E-state index in [9.17, 15) is 19.1 Å². The van der Waals surface area contributed by atoms with E-state index in [-0.39, 0.29) is 17.0 Å². The third-order valence-electron chi connectivity index (χ3n) is 5.05. The summed E-state index contributed by atoms with van der Waals surface area (Å²) in [6.45, 7) is 2.31. The second kappa shape index (κ2) is 7.54. The van der Waals surface area contributed by atoms with E-state index in [0.29, 0.717) is 18.8 Å². The lowest BCUT2D eigenvalue weighted by molar-refractivity contribution is 0.0689. The lowest BCUT2D eigenvalue weighted by Gasteiger charge is -2.17. The summed E-state index contributed by atoms with van der Waals surface area (Å²) in [4.78, 5) is 24.3. The van der Waals surface area contributed by atoms with Crippen molar-refractivity contribution in [2.24, 2.45) is 0 Å². The van der Waals surface area contributed by atoms with Gasteiger partial charge in [0.25, 0.3) is 0 Å². The Morgan fingerprint density at radius 1 is 1.24 bits per heavy atom. The fraction of sp³-hybridized carbons (Fsp3) is 0.286. The first-order valence-electron chi connectivity index (χ1n) is 9.43. The summed E-state index contributed by atoms with van der Waals surface area (Å²) in [5, 5.41) is 13.7. The largest absolute Gasteiger partial charge is 0.485 e. The van der Waals surface area contributed by atoms with Crippen molar-refractivity contribution in [3.05, 3.63) is 75.7 Å². The first-order valence-corrected chi connectivity index (χ1v) is 9.43. The summed E-state index contributed by atoms with van der Waals surface area (Å²) in [5.74, 6) is -1.59. The minimum atomic E-state index is -1.32. The van der Waals surface area contributed by atoms with E-state index in [0.717, 1.165) is 29.2 Å². The molecule has 1 unspecified atom stereocenters. The molecule has 2 heterocycles. The van der Waals surface area contributed by atoms with Gasteiger partial charge in [0.15, 0.2) is 0 Å². The number of aromatic carboxylic acids is 1. The van der Waals surface area contributed by atoms with E-state index < -0.39 is 23.6 Å². The number of nitrogens with zero attached hydrogens (tertiary/aromatic N) is 3. The highest BCUT2D eigenvalue weighted by Gasteiger charge is 2.24. The number of hydrogen-bond acceptors (Lipinski definition) is 4. The zero-order chi connectivity index (χ0) is 20.5. The molecule has 1 aromatic heterocycles. The van der Waals surface area contributed by atoms with Crippen molar-refractivity contribution in [3.8, 4) is 11.4 Å². The Kier molecular flexibility index (Phi) is 4.92. The van der Waals surface area contributed by atoms with Gasteiger partial charge in [-0.1, -0.05) is 30.3 Å². The van der Waals surface area contributed by atoms with Crippen molar-refractivity contribution in [2.75, 3.05) is 0 Å². The average Bonchev–Trinajstić information content (AvgIpc) is 3.06. The smallest absolute Gasteiger partial charge is 0.350 e. The number of aromatic nitrogens is 3. The van der Waals surface area contributed by atoms with Crippen LogP contribution in [0.15, 0.2) is 47.3 Å². The highest BCUT2D eigenvalue weighted by atomic mass is 19.1. The summed E-state index contributed by atoms with van der Waals surface area (Å²) in [6.07, 6.45) is 1.95. The summed E-state index contributed by atoms with van der Waals surface area (Å²) in [6, 6.07) is 11.4. The molecule has 1 N–H and O–H groups in total. The van der Waals surface area contributed by atoms with Gasteiger partial charge in [0.1, 0.15) is 34.7 Å². The molecule has 29 heavy (non-hydrogen) atoms. The van der Waals surface area contributed by atoms with Gasteiger partial charge in [0, 0.05) is 19.0 Å². The fourth-order valence-electron chi connectivity index (χ4n) is 3.51. The Morgan fingerprint density at radius 2 is 2.00 bits per heavy atom. The number of carboxylic acids is 1. The standard InChI is InChI=1S/C21H20FN3O4/c1-13(14-7-3-2-4-8-14)29-18-12-17(16(22)11-15(18)20(26)27)25-21(28)24-10-6-5-9-19(24)23-25/h2-4,7-8,11-13H,5-6,9-10H2,1H3,(H,26,27). The molecule has 0 spiro atoms. The number of benzene rings is 2. The van der Waals surface area contributed by atoms with Gasteiger partial charge in [-0.2, -0.15) is 4.68 Å². The quantitative estimate of drug-likeness (QED) is 0.714. The van der Waals surface area contributed by atoms with Gasteiger partial charge in [0.2, 0.25) is 0 Å².